The molecule has 3 aromatic carbocycles. The number of ether oxygens (including phenoxy) is 1. The molecular weight excluding hydrogens is 338 g/mol. The van der Waals surface area contributed by atoms with E-state index < -0.39 is 0 Å². The van der Waals surface area contributed by atoms with Gasteiger partial charge in [-0.3, -0.25) is 4.79 Å². The molecule has 1 unspecified atom stereocenters. The van der Waals surface area contributed by atoms with E-state index in [9.17, 15) is 9.59 Å². The maximum absolute atomic E-state index is 12.5. The van der Waals surface area contributed by atoms with Crippen LogP contribution in [0.1, 0.15) is 27.4 Å². The van der Waals surface area contributed by atoms with Crippen LogP contribution in [0.3, 0.4) is 0 Å². The highest BCUT2D eigenvalue weighted by Gasteiger charge is 2.30. The minimum absolute atomic E-state index is 0.00672. The van der Waals surface area contributed by atoms with E-state index in [4.69, 9.17) is 4.74 Å². The fourth-order valence-electron chi connectivity index (χ4n) is 3.47. The van der Waals surface area contributed by atoms with Crippen LogP contribution in [0, 0.1) is 0 Å². The van der Waals surface area contributed by atoms with Crippen molar-refractivity contribution in [1.82, 2.24) is 0 Å². The lowest BCUT2D eigenvalue weighted by molar-refractivity contribution is -0.117. The summed E-state index contributed by atoms with van der Waals surface area (Å²) in [6.45, 7) is 0. The van der Waals surface area contributed by atoms with Gasteiger partial charge in [0.05, 0.1) is 18.6 Å². The summed E-state index contributed by atoms with van der Waals surface area (Å²) in [5, 5.41) is 3.00. The average molecular weight is 357 g/mol. The van der Waals surface area contributed by atoms with Gasteiger partial charge in [-0.25, -0.2) is 4.79 Å². The van der Waals surface area contributed by atoms with Crippen molar-refractivity contribution < 1.29 is 14.3 Å². The lowest BCUT2D eigenvalue weighted by Crippen LogP contribution is -2.14. The molecule has 1 aliphatic rings. The lowest BCUT2D eigenvalue weighted by Gasteiger charge is -2.10. The van der Waals surface area contributed by atoms with Crippen LogP contribution in [0.25, 0.3) is 11.1 Å². The number of hydrogen-bond acceptors (Lipinski definition) is 3. The number of hydrogen-bond donors (Lipinski definition) is 1. The lowest BCUT2D eigenvalue weighted by atomic mass is 9.91. The van der Waals surface area contributed by atoms with E-state index in [1.54, 1.807) is 12.1 Å². The Morgan fingerprint density at radius 2 is 1.70 bits per heavy atom. The van der Waals surface area contributed by atoms with E-state index in [0.29, 0.717) is 12.0 Å². The molecule has 0 spiro atoms. The van der Waals surface area contributed by atoms with Crippen molar-refractivity contribution in [3.63, 3.8) is 0 Å². The molecule has 1 atom stereocenters. The third-order valence-electron chi connectivity index (χ3n) is 4.93. The fourth-order valence-corrected chi connectivity index (χ4v) is 3.47. The van der Waals surface area contributed by atoms with Crippen molar-refractivity contribution >= 4 is 17.6 Å². The van der Waals surface area contributed by atoms with Crippen molar-refractivity contribution in [3.8, 4) is 11.1 Å². The van der Waals surface area contributed by atoms with Crippen LogP contribution in [0.4, 0.5) is 5.69 Å². The monoisotopic (exact) mass is 357 g/mol. The van der Waals surface area contributed by atoms with Gasteiger partial charge in [-0.05, 0) is 46.9 Å². The zero-order valence-electron chi connectivity index (χ0n) is 14.9. The number of carbonyl (C=O) groups excluding carboxylic acids is 2. The molecule has 1 heterocycles. The van der Waals surface area contributed by atoms with Gasteiger partial charge in [0.25, 0.3) is 0 Å². The molecule has 27 heavy (non-hydrogen) atoms. The van der Waals surface area contributed by atoms with Gasteiger partial charge >= 0.3 is 5.97 Å². The Hall–Kier alpha value is -3.40. The van der Waals surface area contributed by atoms with E-state index >= 15 is 0 Å². The molecule has 4 nitrogen and oxygen atoms in total. The van der Waals surface area contributed by atoms with Crippen LogP contribution >= 0.6 is 0 Å². The number of esters is 1. The summed E-state index contributed by atoms with van der Waals surface area (Å²) in [5.41, 5.74) is 5.59. The second kappa shape index (κ2) is 7.08. The Kier molecular flexibility index (Phi) is 4.47. The number of nitrogens with one attached hydrogen (secondary N) is 1. The van der Waals surface area contributed by atoms with Gasteiger partial charge in [-0.1, -0.05) is 54.6 Å². The van der Waals surface area contributed by atoms with Crippen LogP contribution < -0.4 is 5.32 Å². The second-order valence-corrected chi connectivity index (χ2v) is 6.60. The third kappa shape index (κ3) is 3.34. The molecule has 3 aromatic rings. The quantitative estimate of drug-likeness (QED) is 0.703. The van der Waals surface area contributed by atoms with E-state index in [1.807, 2.05) is 42.5 Å². The zero-order chi connectivity index (χ0) is 18.8. The number of methoxy groups -OCH3 is 1. The predicted octanol–water partition coefficient (Wildman–Crippen LogP) is 4.42. The Bertz CT molecular complexity index is 994. The summed E-state index contributed by atoms with van der Waals surface area (Å²) in [7, 11) is 1.36. The zero-order valence-corrected chi connectivity index (χ0v) is 14.9. The number of carbonyl (C=O) groups is 2. The standard InChI is InChI=1S/C23H19NO3/c1-27-23(26)17-9-7-15(8-10-17)13-20-19-12-11-18(14-21(19)24-22(20)25)16-5-3-2-4-6-16/h2-12,14,20H,13H2,1H3,(H,24,25). The minimum atomic E-state index is -0.362. The average Bonchev–Trinajstić information content (AvgIpc) is 3.03. The number of anilines is 1. The molecule has 0 aliphatic carbocycles. The smallest absolute Gasteiger partial charge is 0.337 e. The molecule has 1 amide bonds. The third-order valence-corrected chi connectivity index (χ3v) is 4.93. The summed E-state index contributed by atoms with van der Waals surface area (Å²) in [5.74, 6) is -0.583. The first-order valence-corrected chi connectivity index (χ1v) is 8.83. The van der Waals surface area contributed by atoms with Gasteiger partial charge in [0.2, 0.25) is 5.91 Å². The maximum Gasteiger partial charge on any atom is 0.337 e. The molecule has 1 aliphatic heterocycles. The second-order valence-electron chi connectivity index (χ2n) is 6.60. The number of amides is 1. The summed E-state index contributed by atoms with van der Waals surface area (Å²) in [6.07, 6.45) is 0.588. The van der Waals surface area contributed by atoms with Gasteiger partial charge in [-0.2, -0.15) is 0 Å². The van der Waals surface area contributed by atoms with E-state index in [0.717, 1.165) is 27.9 Å². The van der Waals surface area contributed by atoms with Crippen LogP contribution in [-0.2, 0) is 16.0 Å². The first-order chi connectivity index (χ1) is 13.2. The molecule has 4 rings (SSSR count). The van der Waals surface area contributed by atoms with E-state index in [1.165, 1.54) is 7.11 Å². The Morgan fingerprint density at radius 1 is 0.963 bits per heavy atom. The summed E-state index contributed by atoms with van der Waals surface area (Å²) in [6, 6.07) is 23.4. The van der Waals surface area contributed by atoms with Crippen molar-refractivity contribution in [3.05, 3.63) is 89.5 Å². The molecule has 0 radical (unpaired) electrons. The van der Waals surface area contributed by atoms with Gasteiger partial charge in [0.1, 0.15) is 0 Å². The molecule has 134 valence electrons. The van der Waals surface area contributed by atoms with Crippen molar-refractivity contribution in [2.75, 3.05) is 12.4 Å². The molecular formula is C23H19NO3. The Labute approximate surface area is 157 Å². The molecule has 0 saturated heterocycles. The van der Waals surface area contributed by atoms with Crippen molar-refractivity contribution in [2.24, 2.45) is 0 Å². The first kappa shape index (κ1) is 17.0. The highest BCUT2D eigenvalue weighted by molar-refractivity contribution is 6.03. The summed E-state index contributed by atoms with van der Waals surface area (Å²) >= 11 is 0. The Balaban J connectivity index is 1.58. The van der Waals surface area contributed by atoms with E-state index in [-0.39, 0.29) is 17.8 Å². The summed E-state index contributed by atoms with van der Waals surface area (Å²) in [4.78, 5) is 24.1. The van der Waals surface area contributed by atoms with Crippen LogP contribution in [0.5, 0.6) is 0 Å². The molecule has 0 fully saturated rings. The normalized spacial score (nSPS) is 15.1. The maximum atomic E-state index is 12.5. The predicted molar refractivity (Wildman–Crippen MR) is 105 cm³/mol. The highest BCUT2D eigenvalue weighted by atomic mass is 16.5. The van der Waals surface area contributed by atoms with E-state index in [2.05, 4.69) is 23.5 Å². The van der Waals surface area contributed by atoms with Crippen LogP contribution in [-0.4, -0.2) is 19.0 Å². The highest BCUT2D eigenvalue weighted by Crippen LogP contribution is 2.37. The number of fused-ring (bicyclic) bond motifs is 1. The first-order valence-electron chi connectivity index (χ1n) is 8.83. The van der Waals surface area contributed by atoms with Crippen molar-refractivity contribution in [1.29, 1.82) is 0 Å². The molecule has 1 N–H and O–H groups in total. The van der Waals surface area contributed by atoms with Gasteiger partial charge in [0.15, 0.2) is 0 Å². The summed E-state index contributed by atoms with van der Waals surface area (Å²) < 4.78 is 4.72. The topological polar surface area (TPSA) is 55.4 Å². The molecule has 4 heteroatoms. The van der Waals surface area contributed by atoms with Gasteiger partial charge < -0.3 is 10.1 Å². The molecule has 0 bridgehead atoms. The Morgan fingerprint density at radius 3 is 2.41 bits per heavy atom. The fraction of sp³-hybridized carbons (Fsp3) is 0.130. The molecule has 0 aromatic heterocycles. The van der Waals surface area contributed by atoms with Gasteiger partial charge in [-0.15, -0.1) is 0 Å². The van der Waals surface area contributed by atoms with Crippen LogP contribution in [0.15, 0.2) is 72.8 Å². The van der Waals surface area contributed by atoms with Crippen LogP contribution in [0.2, 0.25) is 0 Å². The van der Waals surface area contributed by atoms with Gasteiger partial charge in [0, 0.05) is 5.69 Å². The minimum Gasteiger partial charge on any atom is -0.465 e. The number of benzene rings is 3. The largest absolute Gasteiger partial charge is 0.465 e. The SMILES string of the molecule is COC(=O)c1ccc(CC2C(=O)Nc3cc(-c4ccccc4)ccc32)cc1. The van der Waals surface area contributed by atoms with Crippen molar-refractivity contribution in [2.45, 2.75) is 12.3 Å². The molecule has 0 saturated carbocycles. The number of rotatable bonds is 4.